The summed E-state index contributed by atoms with van der Waals surface area (Å²) in [5.74, 6) is -0.343. The van der Waals surface area contributed by atoms with Crippen molar-refractivity contribution in [2.75, 3.05) is 11.5 Å². The number of fused-ring (bicyclic) bond motifs is 2. The summed E-state index contributed by atoms with van der Waals surface area (Å²) in [5, 5.41) is 1.35. The van der Waals surface area contributed by atoms with Crippen molar-refractivity contribution in [1.29, 1.82) is 0 Å². The molecule has 0 saturated carbocycles. The first-order chi connectivity index (χ1) is 20.6. The molecule has 43 heavy (non-hydrogen) atoms. The van der Waals surface area contributed by atoms with Crippen LogP contribution >= 0.6 is 0 Å². The summed E-state index contributed by atoms with van der Waals surface area (Å²) in [5.41, 5.74) is 13.4. The van der Waals surface area contributed by atoms with Crippen LogP contribution in [-0.2, 0) is 12.8 Å². The molecule has 6 rings (SSSR count). The first-order valence-corrected chi connectivity index (χ1v) is 13.5. The number of nitrogens with two attached hydrogens (primary N) is 2. The molecule has 0 bridgehead atoms. The molecule has 0 radical (unpaired) electrons. The average molecular weight is 581 g/mol. The third kappa shape index (κ3) is 5.10. The van der Waals surface area contributed by atoms with Crippen LogP contribution in [0.15, 0.2) is 91.2 Å². The molecule has 7 nitrogen and oxygen atoms in total. The van der Waals surface area contributed by atoms with Crippen LogP contribution in [0, 0.1) is 25.5 Å². The summed E-state index contributed by atoms with van der Waals surface area (Å²) in [4.78, 5) is 25.8. The lowest BCUT2D eigenvalue weighted by Gasteiger charge is -2.12. The molecular formula is C34H26F2N2O5. The monoisotopic (exact) mass is 580 g/mol. The number of rotatable bonds is 6. The molecule has 0 unspecified atom stereocenters. The quantitative estimate of drug-likeness (QED) is 0.162. The Morgan fingerprint density at radius 2 is 1.07 bits per heavy atom. The second-order valence-corrected chi connectivity index (χ2v) is 10.4. The summed E-state index contributed by atoms with van der Waals surface area (Å²) >= 11 is 0. The SMILES string of the molecule is Cc1c(Cc2cccc(N)c2F)c(=O)oc2cc(Oc3ccc4c(C)c(Cc5cccc(N)c5F)c(=O)oc4c3)ccc12. The van der Waals surface area contributed by atoms with Crippen LogP contribution < -0.4 is 27.5 Å². The highest BCUT2D eigenvalue weighted by atomic mass is 19.1. The fourth-order valence-corrected chi connectivity index (χ4v) is 5.27. The maximum atomic E-state index is 14.5. The van der Waals surface area contributed by atoms with Gasteiger partial charge in [-0.25, -0.2) is 18.4 Å². The van der Waals surface area contributed by atoms with Gasteiger partial charge in [-0.15, -0.1) is 0 Å². The summed E-state index contributed by atoms with van der Waals surface area (Å²) < 4.78 is 46.2. The lowest BCUT2D eigenvalue weighted by Crippen LogP contribution is -2.12. The Kier molecular flexibility index (Phi) is 6.93. The smallest absolute Gasteiger partial charge is 0.340 e. The van der Waals surface area contributed by atoms with Gasteiger partial charge in [-0.3, -0.25) is 0 Å². The number of aryl methyl sites for hydroxylation is 2. The maximum absolute atomic E-state index is 14.5. The van der Waals surface area contributed by atoms with Crippen LogP contribution in [0.4, 0.5) is 20.2 Å². The third-order valence-electron chi connectivity index (χ3n) is 7.70. The normalized spacial score (nSPS) is 11.3. The highest BCUT2D eigenvalue weighted by molar-refractivity contribution is 5.84. The lowest BCUT2D eigenvalue weighted by molar-refractivity contribution is 0.477. The number of benzene rings is 4. The van der Waals surface area contributed by atoms with Crippen molar-refractivity contribution in [2.24, 2.45) is 0 Å². The maximum Gasteiger partial charge on any atom is 0.340 e. The van der Waals surface area contributed by atoms with Gasteiger partial charge in [0.15, 0.2) is 0 Å². The van der Waals surface area contributed by atoms with Crippen LogP contribution in [0.5, 0.6) is 11.5 Å². The van der Waals surface area contributed by atoms with Gasteiger partial charge in [0, 0.05) is 46.9 Å². The predicted octanol–water partition coefficient (Wildman–Crippen LogP) is 6.93. The summed E-state index contributed by atoms with van der Waals surface area (Å²) in [6, 6.07) is 19.5. The van der Waals surface area contributed by atoms with Crippen LogP contribution in [0.25, 0.3) is 21.9 Å². The number of hydrogen-bond acceptors (Lipinski definition) is 7. The van der Waals surface area contributed by atoms with Crippen molar-refractivity contribution in [3.8, 4) is 11.5 Å². The van der Waals surface area contributed by atoms with E-state index < -0.39 is 22.9 Å². The van der Waals surface area contributed by atoms with E-state index in [1.165, 1.54) is 12.1 Å². The van der Waals surface area contributed by atoms with E-state index in [0.717, 1.165) is 0 Å². The molecule has 0 aliphatic rings. The van der Waals surface area contributed by atoms with Crippen molar-refractivity contribution < 1.29 is 22.4 Å². The van der Waals surface area contributed by atoms with Gasteiger partial charge in [-0.05, 0) is 72.5 Å². The zero-order valence-electron chi connectivity index (χ0n) is 23.3. The molecule has 9 heteroatoms. The van der Waals surface area contributed by atoms with E-state index in [0.29, 0.717) is 66.8 Å². The topological polar surface area (TPSA) is 122 Å². The van der Waals surface area contributed by atoms with Gasteiger partial charge < -0.3 is 25.0 Å². The Morgan fingerprint density at radius 1 is 0.651 bits per heavy atom. The predicted molar refractivity (Wildman–Crippen MR) is 162 cm³/mol. The summed E-state index contributed by atoms with van der Waals surface area (Å²) in [6.07, 6.45) is 0.0774. The van der Waals surface area contributed by atoms with Crippen LogP contribution in [0.1, 0.15) is 33.4 Å². The minimum Gasteiger partial charge on any atom is -0.457 e. The fraction of sp³-hybridized carbons (Fsp3) is 0.118. The molecular weight excluding hydrogens is 554 g/mol. The molecule has 0 spiro atoms. The van der Waals surface area contributed by atoms with Crippen LogP contribution in [-0.4, -0.2) is 0 Å². The van der Waals surface area contributed by atoms with E-state index in [9.17, 15) is 18.4 Å². The minimum absolute atomic E-state index is 0.0128. The highest BCUT2D eigenvalue weighted by Crippen LogP contribution is 2.31. The van der Waals surface area contributed by atoms with Crippen molar-refractivity contribution in [3.05, 3.63) is 139 Å². The van der Waals surface area contributed by atoms with E-state index in [4.69, 9.17) is 25.0 Å². The van der Waals surface area contributed by atoms with E-state index in [2.05, 4.69) is 0 Å². The van der Waals surface area contributed by atoms with E-state index in [1.54, 1.807) is 74.5 Å². The van der Waals surface area contributed by atoms with Gasteiger partial charge in [0.05, 0.1) is 11.4 Å². The van der Waals surface area contributed by atoms with Crippen LogP contribution in [0.3, 0.4) is 0 Å². The molecule has 0 fully saturated rings. The molecule has 0 saturated heterocycles. The van der Waals surface area contributed by atoms with Gasteiger partial charge in [0.25, 0.3) is 0 Å². The zero-order valence-corrected chi connectivity index (χ0v) is 23.3. The first-order valence-electron chi connectivity index (χ1n) is 13.5. The molecule has 2 aromatic heterocycles. The second kappa shape index (κ2) is 10.8. The Hall–Kier alpha value is -5.44. The van der Waals surface area contributed by atoms with Gasteiger partial charge in [0.1, 0.15) is 34.3 Å². The first kappa shape index (κ1) is 27.7. The largest absolute Gasteiger partial charge is 0.457 e. The second-order valence-electron chi connectivity index (χ2n) is 10.4. The van der Waals surface area contributed by atoms with E-state index in [-0.39, 0.29) is 24.2 Å². The van der Waals surface area contributed by atoms with Gasteiger partial charge in [-0.2, -0.15) is 0 Å². The zero-order chi connectivity index (χ0) is 30.4. The molecule has 2 heterocycles. The standard InChI is InChI=1S/C34H26F2N2O5/c1-17-23-11-9-21(15-29(23)42-33(39)25(17)13-19-5-3-7-27(37)31(19)35)41-22-10-12-24-18(2)26(34(40)43-30(24)16-22)14-20-6-4-8-28(38)32(20)36/h3-12,15-16H,13-14,37-38H2,1-2H3. The highest BCUT2D eigenvalue weighted by Gasteiger charge is 2.18. The molecule has 0 aliphatic heterocycles. The average Bonchev–Trinajstić information content (AvgIpc) is 2.97. The van der Waals surface area contributed by atoms with Crippen molar-refractivity contribution in [2.45, 2.75) is 26.7 Å². The summed E-state index contributed by atoms with van der Waals surface area (Å²) in [7, 11) is 0. The van der Waals surface area contributed by atoms with Crippen molar-refractivity contribution >= 4 is 33.3 Å². The fourth-order valence-electron chi connectivity index (χ4n) is 5.27. The van der Waals surface area contributed by atoms with Crippen molar-refractivity contribution in [3.63, 3.8) is 0 Å². The van der Waals surface area contributed by atoms with Crippen molar-refractivity contribution in [1.82, 2.24) is 0 Å². The third-order valence-corrected chi connectivity index (χ3v) is 7.70. The Balaban J connectivity index is 1.29. The Labute approximate surface area is 243 Å². The van der Waals surface area contributed by atoms with Gasteiger partial charge in [-0.1, -0.05) is 24.3 Å². The molecule has 6 aromatic rings. The number of hydrogen-bond donors (Lipinski definition) is 2. The molecule has 216 valence electrons. The van der Waals surface area contributed by atoms with E-state index in [1.807, 2.05) is 0 Å². The minimum atomic E-state index is -0.583. The molecule has 0 aliphatic carbocycles. The van der Waals surface area contributed by atoms with Gasteiger partial charge >= 0.3 is 11.3 Å². The Morgan fingerprint density at radius 3 is 1.49 bits per heavy atom. The lowest BCUT2D eigenvalue weighted by atomic mass is 9.99. The van der Waals surface area contributed by atoms with Crippen LogP contribution in [0.2, 0.25) is 0 Å². The van der Waals surface area contributed by atoms with Gasteiger partial charge in [0.2, 0.25) is 0 Å². The molecule has 4 N–H and O–H groups in total. The molecule has 0 atom stereocenters. The van der Waals surface area contributed by atoms with E-state index >= 15 is 0 Å². The molecule has 4 aromatic carbocycles. The summed E-state index contributed by atoms with van der Waals surface area (Å²) in [6.45, 7) is 3.56. The Bertz CT molecular complexity index is 2030. The number of anilines is 2. The number of nitrogen functional groups attached to an aromatic ring is 2. The number of ether oxygens (including phenoxy) is 1. The number of halogens is 2. The molecule has 0 amide bonds.